The highest BCUT2D eigenvalue weighted by atomic mass is 16.5. The molecule has 0 aliphatic carbocycles. The van der Waals surface area contributed by atoms with Crippen molar-refractivity contribution in [2.45, 2.75) is 37.4 Å². The van der Waals surface area contributed by atoms with Crippen LogP contribution >= 0.6 is 0 Å². The number of rotatable bonds is 5. The van der Waals surface area contributed by atoms with Crippen molar-refractivity contribution in [3.05, 3.63) is 58.5 Å². The van der Waals surface area contributed by atoms with Crippen LogP contribution in [0.5, 0.6) is 17.2 Å². The van der Waals surface area contributed by atoms with Gasteiger partial charge in [0.25, 0.3) is 0 Å². The van der Waals surface area contributed by atoms with Gasteiger partial charge in [-0.15, -0.1) is 0 Å². The number of hydrogen-bond acceptors (Lipinski definition) is 9. The molecule has 9 nitrogen and oxygen atoms in total. The molecular formula is C29H31NO8. The molecule has 5 rings (SSSR count). The van der Waals surface area contributed by atoms with Gasteiger partial charge in [-0.05, 0) is 56.4 Å². The Balaban J connectivity index is 1.94. The van der Waals surface area contributed by atoms with Crippen LogP contribution in [0, 0.1) is 0 Å². The van der Waals surface area contributed by atoms with Gasteiger partial charge in [-0.25, -0.2) is 4.79 Å². The van der Waals surface area contributed by atoms with Crippen LogP contribution in [0.3, 0.4) is 0 Å². The molecule has 5 atom stereocenters. The van der Waals surface area contributed by atoms with Crippen molar-refractivity contribution >= 4 is 38.6 Å². The normalized spacial score (nSPS) is 23.8. The van der Waals surface area contributed by atoms with Crippen LogP contribution in [-0.2, 0) is 4.74 Å². The first-order chi connectivity index (χ1) is 18.1. The van der Waals surface area contributed by atoms with Crippen molar-refractivity contribution in [3.8, 4) is 17.2 Å². The van der Waals surface area contributed by atoms with Gasteiger partial charge in [0.2, 0.25) is 0 Å². The van der Waals surface area contributed by atoms with E-state index in [4.69, 9.17) is 18.6 Å². The standard InChI is InChI=1S/C29H31NO8/c1-7-14-10-17-21(19(11-14)35-5)16-12-20(36-6)23-18(31)9-8-15(22(23)27(16)38-29(17)34)28-26(33)24(30(3)4)25(32)13(2)37-28/h7-13,24-26,28,31-33H,1H2,2-6H3/t13-,24+,25+,26-,28-/m0/s1. The maximum absolute atomic E-state index is 13.3. The summed E-state index contributed by atoms with van der Waals surface area (Å²) in [4.78, 5) is 15.1. The number of nitrogens with zero attached hydrogens (tertiary/aromatic N) is 1. The first-order valence-corrected chi connectivity index (χ1v) is 12.2. The molecule has 1 fully saturated rings. The summed E-state index contributed by atoms with van der Waals surface area (Å²) in [6.45, 7) is 5.52. The third kappa shape index (κ3) is 3.82. The number of benzene rings is 3. The minimum atomic E-state index is -1.14. The van der Waals surface area contributed by atoms with Crippen LogP contribution in [0.1, 0.15) is 24.2 Å². The van der Waals surface area contributed by atoms with Gasteiger partial charge in [0.1, 0.15) is 35.0 Å². The molecule has 200 valence electrons. The zero-order chi connectivity index (χ0) is 27.5. The lowest BCUT2D eigenvalue weighted by molar-refractivity contribution is -0.197. The van der Waals surface area contributed by atoms with Gasteiger partial charge in [-0.2, -0.15) is 0 Å². The minimum absolute atomic E-state index is 0.0956. The maximum atomic E-state index is 13.3. The average molecular weight is 522 g/mol. The summed E-state index contributed by atoms with van der Waals surface area (Å²) in [5, 5.41) is 35.1. The molecule has 1 aliphatic heterocycles. The lowest BCUT2D eigenvalue weighted by atomic mass is 9.86. The Morgan fingerprint density at radius 1 is 0.974 bits per heavy atom. The third-order valence-corrected chi connectivity index (χ3v) is 7.45. The number of methoxy groups -OCH3 is 2. The van der Waals surface area contributed by atoms with Gasteiger partial charge in [-0.3, -0.25) is 0 Å². The summed E-state index contributed by atoms with van der Waals surface area (Å²) in [6, 6.07) is 7.62. The van der Waals surface area contributed by atoms with Crippen molar-refractivity contribution in [1.82, 2.24) is 4.90 Å². The molecule has 1 aliphatic rings. The van der Waals surface area contributed by atoms with Crippen molar-refractivity contribution in [3.63, 3.8) is 0 Å². The molecule has 1 saturated heterocycles. The topological polar surface area (TPSA) is 122 Å². The van der Waals surface area contributed by atoms with Crippen molar-refractivity contribution < 1.29 is 33.9 Å². The van der Waals surface area contributed by atoms with Crippen LogP contribution in [0.15, 0.2) is 46.1 Å². The van der Waals surface area contributed by atoms with Crippen molar-refractivity contribution in [1.29, 1.82) is 0 Å². The second-order valence-electron chi connectivity index (χ2n) is 9.82. The first-order valence-electron chi connectivity index (χ1n) is 12.2. The van der Waals surface area contributed by atoms with E-state index in [1.165, 1.54) is 20.3 Å². The molecule has 0 unspecified atom stereocenters. The lowest BCUT2D eigenvalue weighted by Gasteiger charge is -2.45. The van der Waals surface area contributed by atoms with E-state index in [0.717, 1.165) is 0 Å². The molecule has 4 aromatic rings. The molecule has 0 bridgehead atoms. The molecular weight excluding hydrogens is 490 g/mol. The SMILES string of the molecule is C=Cc1cc(OC)c2c(c1)c(=O)oc1c2cc(OC)c2c(O)ccc([C@@H]3O[C@@H](C)[C@@H](O)[C@@H](N(C)C)[C@@H]3O)c21. The third-order valence-electron chi connectivity index (χ3n) is 7.45. The smallest absolute Gasteiger partial charge is 0.344 e. The number of aliphatic hydroxyl groups is 2. The van der Waals surface area contributed by atoms with E-state index < -0.39 is 36.1 Å². The van der Waals surface area contributed by atoms with E-state index in [1.807, 2.05) is 0 Å². The van der Waals surface area contributed by atoms with Crippen LogP contribution in [0.4, 0.5) is 0 Å². The molecule has 2 heterocycles. The van der Waals surface area contributed by atoms with Gasteiger partial charge < -0.3 is 38.8 Å². The monoisotopic (exact) mass is 521 g/mol. The lowest BCUT2D eigenvalue weighted by Crippen LogP contribution is -2.58. The number of ether oxygens (including phenoxy) is 3. The van der Waals surface area contributed by atoms with Crippen LogP contribution in [0.2, 0.25) is 0 Å². The number of hydrogen-bond donors (Lipinski definition) is 3. The van der Waals surface area contributed by atoms with E-state index in [0.29, 0.717) is 49.6 Å². The molecule has 0 amide bonds. The van der Waals surface area contributed by atoms with E-state index >= 15 is 0 Å². The van der Waals surface area contributed by atoms with Gasteiger partial charge in [-0.1, -0.05) is 18.7 Å². The van der Waals surface area contributed by atoms with E-state index in [9.17, 15) is 20.1 Å². The van der Waals surface area contributed by atoms with Gasteiger partial charge in [0, 0.05) is 16.2 Å². The number of phenolic OH excluding ortho intramolecular Hbond substituents is 1. The molecule has 38 heavy (non-hydrogen) atoms. The number of fused-ring (bicyclic) bond motifs is 5. The Morgan fingerprint density at radius 2 is 1.66 bits per heavy atom. The van der Waals surface area contributed by atoms with E-state index in [1.54, 1.807) is 56.3 Å². The highest BCUT2D eigenvalue weighted by molar-refractivity contribution is 6.19. The fourth-order valence-corrected chi connectivity index (χ4v) is 5.62. The number of likely N-dealkylation sites (N-methyl/N-ethyl adjacent to an activating group) is 1. The van der Waals surface area contributed by atoms with Gasteiger partial charge in [0.05, 0.1) is 43.2 Å². The summed E-state index contributed by atoms with van der Waals surface area (Å²) in [6.07, 6.45) is -1.98. The Kier molecular flexibility index (Phi) is 6.56. The highest BCUT2D eigenvalue weighted by Gasteiger charge is 2.45. The number of aliphatic hydroxyl groups excluding tert-OH is 2. The predicted molar refractivity (Wildman–Crippen MR) is 145 cm³/mol. The zero-order valence-electron chi connectivity index (χ0n) is 21.9. The fourth-order valence-electron chi connectivity index (χ4n) is 5.62. The second-order valence-corrected chi connectivity index (χ2v) is 9.82. The fraction of sp³-hybridized carbons (Fsp3) is 0.345. The number of aromatic hydroxyl groups is 1. The molecule has 3 aromatic carbocycles. The van der Waals surface area contributed by atoms with Crippen LogP contribution < -0.4 is 15.1 Å². The Hall–Kier alpha value is -3.63. The van der Waals surface area contributed by atoms with Crippen LogP contribution in [-0.4, -0.2) is 72.9 Å². The molecule has 9 heteroatoms. The molecule has 3 N–H and O–H groups in total. The first kappa shape index (κ1) is 26.0. The van der Waals surface area contributed by atoms with Crippen LogP contribution in [0.25, 0.3) is 38.6 Å². The minimum Gasteiger partial charge on any atom is -0.507 e. The number of phenols is 1. The predicted octanol–water partition coefficient (Wildman–Crippen LogP) is 3.58. The molecule has 0 spiro atoms. The maximum Gasteiger partial charge on any atom is 0.344 e. The van der Waals surface area contributed by atoms with Crippen molar-refractivity contribution in [2.24, 2.45) is 0 Å². The summed E-state index contributed by atoms with van der Waals surface area (Å²) >= 11 is 0. The average Bonchev–Trinajstić information content (AvgIpc) is 2.90. The summed E-state index contributed by atoms with van der Waals surface area (Å²) in [7, 11) is 6.54. The summed E-state index contributed by atoms with van der Waals surface area (Å²) in [5.74, 6) is 0.679. The zero-order valence-corrected chi connectivity index (χ0v) is 21.9. The summed E-state index contributed by atoms with van der Waals surface area (Å²) < 4.78 is 23.4. The Bertz CT molecular complexity index is 1630. The molecule has 0 radical (unpaired) electrons. The molecule has 0 saturated carbocycles. The second kappa shape index (κ2) is 9.59. The quantitative estimate of drug-likeness (QED) is 0.267. The van der Waals surface area contributed by atoms with Gasteiger partial charge in [0.15, 0.2) is 0 Å². The Labute approximate surface area is 219 Å². The highest BCUT2D eigenvalue weighted by Crippen LogP contribution is 2.47. The van der Waals surface area contributed by atoms with E-state index in [2.05, 4.69) is 6.58 Å². The Morgan fingerprint density at radius 3 is 2.29 bits per heavy atom. The van der Waals surface area contributed by atoms with Crippen molar-refractivity contribution in [2.75, 3.05) is 28.3 Å². The van der Waals surface area contributed by atoms with E-state index in [-0.39, 0.29) is 11.3 Å². The summed E-state index contributed by atoms with van der Waals surface area (Å²) in [5.41, 5.74) is 0.747. The largest absolute Gasteiger partial charge is 0.507 e. The van der Waals surface area contributed by atoms with Gasteiger partial charge >= 0.3 is 5.63 Å². The molecule has 1 aromatic heterocycles.